The summed E-state index contributed by atoms with van der Waals surface area (Å²) >= 11 is 0. The van der Waals surface area contributed by atoms with Crippen molar-refractivity contribution >= 4 is 0 Å². The molecule has 0 radical (unpaired) electrons. The second-order valence-electron chi connectivity index (χ2n) is 6.87. The third kappa shape index (κ3) is 7.41. The molecular weight excluding hydrogens is 570 g/mol. The molecule has 0 aliphatic rings. The molecule has 4 heterocycles. The van der Waals surface area contributed by atoms with E-state index in [4.69, 9.17) is 0 Å². The number of hydrogen-bond donors (Lipinski definition) is 0. The SMILES string of the molecule is Cc1ccnc(-c2cc(C)ccn2)c1.Cc1ccnc(-c2cc(C)ccn2)c1.[Cl-].[Os+2]. The Labute approximate surface area is 197 Å². The standard InChI is InChI=1S/2C12H12N2.ClH.Os/c2*1-9-3-5-13-11(7-9)12-8-10(2)4-6-14-12;;/h2*3-8H,1-2H3;1H;/q;;;+2/p-1. The number of halogens is 1. The van der Waals surface area contributed by atoms with E-state index >= 15 is 0 Å². The van der Waals surface area contributed by atoms with Crippen molar-refractivity contribution in [3.05, 3.63) is 95.6 Å². The molecule has 0 unspecified atom stereocenters. The summed E-state index contributed by atoms with van der Waals surface area (Å²) in [4.78, 5) is 17.2. The van der Waals surface area contributed by atoms with Gasteiger partial charge < -0.3 is 12.4 Å². The van der Waals surface area contributed by atoms with Crippen LogP contribution in [0.25, 0.3) is 22.8 Å². The molecule has 0 saturated carbocycles. The van der Waals surface area contributed by atoms with Crippen LogP contribution in [-0.2, 0) is 19.8 Å². The van der Waals surface area contributed by atoms with Gasteiger partial charge in [0.2, 0.25) is 0 Å². The Kier molecular flexibility index (Phi) is 10.5. The molecule has 0 fully saturated rings. The maximum atomic E-state index is 4.29. The van der Waals surface area contributed by atoms with E-state index in [2.05, 4.69) is 47.6 Å². The summed E-state index contributed by atoms with van der Waals surface area (Å²) in [5.41, 5.74) is 8.58. The van der Waals surface area contributed by atoms with E-state index < -0.39 is 0 Å². The fourth-order valence-corrected chi connectivity index (χ4v) is 2.70. The van der Waals surface area contributed by atoms with Gasteiger partial charge >= 0.3 is 19.8 Å². The van der Waals surface area contributed by atoms with Crippen molar-refractivity contribution in [1.29, 1.82) is 0 Å². The van der Waals surface area contributed by atoms with Gasteiger partial charge in [0, 0.05) is 24.8 Å². The van der Waals surface area contributed by atoms with E-state index in [1.165, 1.54) is 22.3 Å². The average molecular weight is 594 g/mol. The van der Waals surface area contributed by atoms with E-state index in [9.17, 15) is 0 Å². The zero-order valence-electron chi connectivity index (χ0n) is 17.4. The van der Waals surface area contributed by atoms with E-state index in [1.54, 1.807) is 0 Å². The van der Waals surface area contributed by atoms with Crippen LogP contribution in [0.1, 0.15) is 22.3 Å². The van der Waals surface area contributed by atoms with Crippen molar-refractivity contribution in [1.82, 2.24) is 19.9 Å². The number of hydrogen-bond acceptors (Lipinski definition) is 4. The van der Waals surface area contributed by atoms with Crippen molar-refractivity contribution in [2.24, 2.45) is 0 Å². The Balaban J connectivity index is 0.000000281. The molecule has 4 rings (SSSR count). The van der Waals surface area contributed by atoms with Crippen LogP contribution in [0.15, 0.2) is 73.3 Å². The van der Waals surface area contributed by atoms with Crippen molar-refractivity contribution in [3.8, 4) is 22.8 Å². The van der Waals surface area contributed by atoms with Crippen molar-refractivity contribution in [2.75, 3.05) is 0 Å². The smallest absolute Gasteiger partial charge is 1.00 e. The van der Waals surface area contributed by atoms with E-state index in [1.807, 2.05) is 73.3 Å². The molecule has 6 heteroatoms. The first-order chi connectivity index (χ1) is 13.5. The molecule has 154 valence electrons. The molecule has 0 amide bonds. The van der Waals surface area contributed by atoms with Crippen LogP contribution in [0.5, 0.6) is 0 Å². The van der Waals surface area contributed by atoms with Crippen LogP contribution >= 0.6 is 0 Å². The van der Waals surface area contributed by atoms with Crippen LogP contribution in [0.4, 0.5) is 0 Å². The Hall–Kier alpha value is -2.47. The molecular formula is C24H24ClN4Os+. The Bertz CT molecular complexity index is 912. The van der Waals surface area contributed by atoms with Gasteiger partial charge in [-0.2, -0.15) is 0 Å². The molecule has 0 aliphatic carbocycles. The van der Waals surface area contributed by atoms with Crippen LogP contribution in [0, 0.1) is 27.7 Å². The van der Waals surface area contributed by atoms with Crippen molar-refractivity contribution in [3.63, 3.8) is 0 Å². The zero-order valence-corrected chi connectivity index (χ0v) is 20.7. The molecule has 0 bridgehead atoms. The van der Waals surface area contributed by atoms with Gasteiger partial charge in [-0.3, -0.25) is 19.9 Å². The summed E-state index contributed by atoms with van der Waals surface area (Å²) in [6, 6.07) is 16.1. The number of aromatic nitrogens is 4. The van der Waals surface area contributed by atoms with E-state index in [0.717, 1.165) is 22.8 Å². The summed E-state index contributed by atoms with van der Waals surface area (Å²) in [7, 11) is 0. The quantitative estimate of drug-likeness (QED) is 0.359. The summed E-state index contributed by atoms with van der Waals surface area (Å²) in [6.07, 6.45) is 7.26. The molecule has 4 aromatic heterocycles. The Morgan fingerprint density at radius 2 is 0.633 bits per heavy atom. The summed E-state index contributed by atoms with van der Waals surface area (Å²) < 4.78 is 0. The first kappa shape index (κ1) is 25.6. The molecule has 0 saturated heterocycles. The topological polar surface area (TPSA) is 51.6 Å². The average Bonchev–Trinajstić information content (AvgIpc) is 2.69. The minimum atomic E-state index is 0. The van der Waals surface area contributed by atoms with Gasteiger partial charge in [0.1, 0.15) is 0 Å². The summed E-state index contributed by atoms with van der Waals surface area (Å²) in [5.74, 6) is 0. The molecule has 4 nitrogen and oxygen atoms in total. The van der Waals surface area contributed by atoms with Crippen LogP contribution in [-0.4, -0.2) is 19.9 Å². The number of nitrogens with zero attached hydrogens (tertiary/aromatic N) is 4. The zero-order chi connectivity index (χ0) is 19.9. The first-order valence-corrected chi connectivity index (χ1v) is 9.22. The molecule has 0 atom stereocenters. The minimum Gasteiger partial charge on any atom is -1.00 e. The summed E-state index contributed by atoms with van der Waals surface area (Å²) in [6.45, 7) is 8.23. The molecule has 0 aliphatic heterocycles. The van der Waals surface area contributed by atoms with Gasteiger partial charge in [0.15, 0.2) is 0 Å². The van der Waals surface area contributed by atoms with Crippen molar-refractivity contribution < 1.29 is 32.2 Å². The number of aryl methyl sites for hydroxylation is 4. The van der Waals surface area contributed by atoms with Gasteiger partial charge in [-0.05, 0) is 98.5 Å². The van der Waals surface area contributed by atoms with Gasteiger partial charge in [0.25, 0.3) is 0 Å². The molecule has 0 aromatic carbocycles. The fourth-order valence-electron chi connectivity index (χ4n) is 2.70. The summed E-state index contributed by atoms with van der Waals surface area (Å²) in [5, 5.41) is 0. The van der Waals surface area contributed by atoms with Crippen molar-refractivity contribution in [2.45, 2.75) is 27.7 Å². The molecule has 0 N–H and O–H groups in total. The van der Waals surface area contributed by atoms with Crippen LogP contribution < -0.4 is 12.4 Å². The van der Waals surface area contributed by atoms with Crippen LogP contribution in [0.2, 0.25) is 0 Å². The van der Waals surface area contributed by atoms with Gasteiger partial charge in [-0.25, -0.2) is 0 Å². The van der Waals surface area contributed by atoms with Gasteiger partial charge in [0.05, 0.1) is 22.8 Å². The fraction of sp³-hybridized carbons (Fsp3) is 0.167. The predicted octanol–water partition coefficient (Wildman–Crippen LogP) is 2.52. The maximum Gasteiger partial charge on any atom is 2.00 e. The largest absolute Gasteiger partial charge is 2.00 e. The molecule has 0 spiro atoms. The number of pyridine rings is 4. The monoisotopic (exact) mass is 595 g/mol. The van der Waals surface area contributed by atoms with E-state index in [-0.39, 0.29) is 32.2 Å². The van der Waals surface area contributed by atoms with E-state index in [0.29, 0.717) is 0 Å². The predicted molar refractivity (Wildman–Crippen MR) is 114 cm³/mol. The van der Waals surface area contributed by atoms with Crippen LogP contribution in [0.3, 0.4) is 0 Å². The third-order valence-electron chi connectivity index (χ3n) is 4.19. The normalized spacial score (nSPS) is 9.47. The second-order valence-corrected chi connectivity index (χ2v) is 6.87. The minimum absolute atomic E-state index is 0. The first-order valence-electron chi connectivity index (χ1n) is 9.22. The van der Waals surface area contributed by atoms with Gasteiger partial charge in [-0.1, -0.05) is 0 Å². The van der Waals surface area contributed by atoms with Gasteiger partial charge in [-0.15, -0.1) is 0 Å². The Morgan fingerprint density at radius 1 is 0.433 bits per heavy atom. The third-order valence-corrected chi connectivity index (χ3v) is 4.19. The molecule has 4 aromatic rings. The Morgan fingerprint density at radius 3 is 0.800 bits per heavy atom. The second kappa shape index (κ2) is 12.3. The maximum absolute atomic E-state index is 4.29. The number of rotatable bonds is 2. The molecule has 30 heavy (non-hydrogen) atoms.